The van der Waals surface area contributed by atoms with E-state index < -0.39 is 0 Å². The Hall–Kier alpha value is -3.02. The van der Waals surface area contributed by atoms with Crippen molar-refractivity contribution in [2.24, 2.45) is 9.98 Å². The monoisotopic (exact) mass is 512 g/mol. The average molecular weight is 513 g/mol. The fourth-order valence-corrected chi connectivity index (χ4v) is 6.60. The van der Waals surface area contributed by atoms with Crippen molar-refractivity contribution in [2.45, 2.75) is 63.5 Å². The first-order valence-electron chi connectivity index (χ1n) is 15.1. The smallest absolute Gasteiger partial charge is 0.197 e. The number of aliphatic imine (C=N–C) groups is 2. The molecular weight excluding hydrogens is 468 g/mol. The number of rotatable bonds is 5. The summed E-state index contributed by atoms with van der Waals surface area (Å²) < 4.78 is 0. The van der Waals surface area contributed by atoms with E-state index in [-0.39, 0.29) is 12.1 Å². The van der Waals surface area contributed by atoms with Gasteiger partial charge in [-0.3, -0.25) is 0 Å². The summed E-state index contributed by atoms with van der Waals surface area (Å²) in [5, 5.41) is 0. The Morgan fingerprint density at radius 2 is 0.684 bits per heavy atom. The average Bonchev–Trinajstić information content (AvgIpc) is 3.79. The van der Waals surface area contributed by atoms with Crippen LogP contribution in [-0.2, 0) is 0 Å². The molecule has 202 valence electrons. The third-order valence-corrected chi connectivity index (χ3v) is 8.65. The van der Waals surface area contributed by atoms with E-state index in [0.717, 1.165) is 52.4 Å². The van der Waals surface area contributed by atoms with Gasteiger partial charge in [-0.05, 0) is 62.5 Å². The lowest BCUT2D eigenvalue weighted by molar-refractivity contribution is 0.375. The third-order valence-electron chi connectivity index (χ3n) is 8.65. The van der Waals surface area contributed by atoms with Crippen molar-refractivity contribution in [3.8, 4) is 0 Å². The minimum atomic E-state index is -0.0741. The topological polar surface area (TPSA) is 37.7 Å². The summed E-state index contributed by atoms with van der Waals surface area (Å²) in [5.74, 6) is 2.41. The molecule has 2 aromatic carbocycles. The Kier molecular flexibility index (Phi) is 8.13. The van der Waals surface area contributed by atoms with Crippen molar-refractivity contribution in [3.63, 3.8) is 0 Å². The normalized spacial score (nSPS) is 21.2. The molecule has 0 unspecified atom stereocenters. The van der Waals surface area contributed by atoms with E-state index in [1.165, 1.54) is 74.4 Å². The number of guanidine groups is 2. The maximum absolute atomic E-state index is 5.72. The molecule has 4 heterocycles. The van der Waals surface area contributed by atoms with Crippen LogP contribution in [0.15, 0.2) is 70.6 Å². The van der Waals surface area contributed by atoms with E-state index in [4.69, 9.17) is 9.98 Å². The van der Waals surface area contributed by atoms with Crippen LogP contribution in [0.4, 0.5) is 0 Å². The van der Waals surface area contributed by atoms with E-state index in [2.05, 4.69) is 80.3 Å². The SMILES string of the molecule is c1ccc([C@H](N=C(N2CCCC2)N2CCCC2)[C@@H](N=C(N2CCCC2)N2CCCC2)c2ccccc2)cc1. The third kappa shape index (κ3) is 5.69. The molecule has 0 radical (unpaired) electrons. The molecule has 0 spiro atoms. The van der Waals surface area contributed by atoms with Gasteiger partial charge in [0.05, 0.1) is 0 Å². The van der Waals surface area contributed by atoms with Crippen molar-refractivity contribution in [1.82, 2.24) is 19.6 Å². The van der Waals surface area contributed by atoms with Crippen LogP contribution in [0.2, 0.25) is 0 Å². The first kappa shape index (κ1) is 25.3. The zero-order chi connectivity index (χ0) is 25.6. The molecule has 4 aliphatic rings. The van der Waals surface area contributed by atoms with Crippen LogP contribution >= 0.6 is 0 Å². The fourth-order valence-electron chi connectivity index (χ4n) is 6.60. The number of hydrogen-bond donors (Lipinski definition) is 0. The van der Waals surface area contributed by atoms with E-state index in [1.807, 2.05) is 0 Å². The van der Waals surface area contributed by atoms with Gasteiger partial charge in [-0.15, -0.1) is 0 Å². The second-order valence-corrected chi connectivity index (χ2v) is 11.3. The number of nitrogens with zero attached hydrogens (tertiary/aromatic N) is 6. The summed E-state index contributed by atoms with van der Waals surface area (Å²) in [4.78, 5) is 21.6. The van der Waals surface area contributed by atoms with Gasteiger partial charge in [0.25, 0.3) is 0 Å². The molecule has 0 saturated carbocycles. The largest absolute Gasteiger partial charge is 0.343 e. The van der Waals surface area contributed by atoms with Crippen molar-refractivity contribution >= 4 is 11.9 Å². The van der Waals surface area contributed by atoms with Gasteiger partial charge in [0.1, 0.15) is 12.1 Å². The number of likely N-dealkylation sites (tertiary alicyclic amines) is 4. The highest BCUT2D eigenvalue weighted by atomic mass is 15.4. The highest BCUT2D eigenvalue weighted by Crippen LogP contribution is 2.37. The lowest BCUT2D eigenvalue weighted by Crippen LogP contribution is -2.43. The van der Waals surface area contributed by atoms with E-state index in [1.54, 1.807) is 0 Å². The van der Waals surface area contributed by atoms with Crippen molar-refractivity contribution in [1.29, 1.82) is 0 Å². The van der Waals surface area contributed by atoms with Gasteiger partial charge < -0.3 is 19.6 Å². The molecule has 6 heteroatoms. The molecular formula is C32H44N6. The standard InChI is InChI=1S/C32H44N6/c1-3-15-27(16-4-1)29(33-31(35-19-7-8-20-35)36-21-9-10-22-36)30(28-17-5-2-6-18-28)34-32(37-23-11-12-24-37)38-25-13-14-26-38/h1-6,15-18,29-30H,7-14,19-26H2/t29-,30-/m0/s1. The second kappa shape index (κ2) is 12.2. The molecule has 0 aliphatic carbocycles. The number of benzene rings is 2. The highest BCUT2D eigenvalue weighted by Gasteiger charge is 2.32. The Labute approximate surface area is 229 Å². The van der Waals surface area contributed by atoms with Crippen LogP contribution < -0.4 is 0 Å². The maximum Gasteiger partial charge on any atom is 0.197 e. The minimum absolute atomic E-state index is 0.0741. The highest BCUT2D eigenvalue weighted by molar-refractivity contribution is 5.82. The van der Waals surface area contributed by atoms with Crippen LogP contribution in [0.1, 0.15) is 74.6 Å². The van der Waals surface area contributed by atoms with Gasteiger partial charge in [0.2, 0.25) is 0 Å². The summed E-state index contributed by atoms with van der Waals surface area (Å²) in [6.45, 7) is 8.91. The predicted octanol–water partition coefficient (Wildman–Crippen LogP) is 5.56. The van der Waals surface area contributed by atoms with Crippen molar-refractivity contribution < 1.29 is 0 Å². The van der Waals surface area contributed by atoms with Gasteiger partial charge in [-0.25, -0.2) is 9.98 Å². The first-order valence-corrected chi connectivity index (χ1v) is 15.1. The lowest BCUT2D eigenvalue weighted by atomic mass is 9.94. The van der Waals surface area contributed by atoms with E-state index >= 15 is 0 Å². The van der Waals surface area contributed by atoms with Gasteiger partial charge in [-0.2, -0.15) is 0 Å². The lowest BCUT2D eigenvalue weighted by Gasteiger charge is -2.33. The summed E-state index contributed by atoms with van der Waals surface area (Å²) in [5.41, 5.74) is 2.51. The molecule has 0 bridgehead atoms. The first-order chi connectivity index (χ1) is 18.9. The number of hydrogen-bond acceptors (Lipinski definition) is 2. The van der Waals surface area contributed by atoms with E-state index in [0.29, 0.717) is 0 Å². The summed E-state index contributed by atoms with van der Waals surface area (Å²) in [6.07, 6.45) is 10.1. The molecule has 2 aromatic rings. The Balaban J connectivity index is 1.48. The van der Waals surface area contributed by atoms with E-state index in [9.17, 15) is 0 Å². The summed E-state index contributed by atoms with van der Waals surface area (Å²) in [7, 11) is 0. The fraction of sp³-hybridized carbons (Fsp3) is 0.562. The Morgan fingerprint density at radius 3 is 0.947 bits per heavy atom. The van der Waals surface area contributed by atoms with Crippen LogP contribution in [0.5, 0.6) is 0 Å². The van der Waals surface area contributed by atoms with Gasteiger partial charge in [0.15, 0.2) is 11.9 Å². The molecule has 6 rings (SSSR count). The molecule has 4 fully saturated rings. The molecule has 0 amide bonds. The van der Waals surface area contributed by atoms with Crippen LogP contribution in [0.3, 0.4) is 0 Å². The quantitative estimate of drug-likeness (QED) is 0.388. The molecule has 38 heavy (non-hydrogen) atoms. The Bertz CT molecular complexity index is 936. The second-order valence-electron chi connectivity index (χ2n) is 11.3. The zero-order valence-electron chi connectivity index (χ0n) is 22.9. The zero-order valence-corrected chi connectivity index (χ0v) is 22.9. The van der Waals surface area contributed by atoms with Crippen molar-refractivity contribution in [3.05, 3.63) is 71.8 Å². The van der Waals surface area contributed by atoms with Gasteiger partial charge in [0, 0.05) is 52.4 Å². The van der Waals surface area contributed by atoms with Gasteiger partial charge in [-0.1, -0.05) is 60.7 Å². The molecule has 6 nitrogen and oxygen atoms in total. The molecule has 4 saturated heterocycles. The van der Waals surface area contributed by atoms with Crippen LogP contribution in [-0.4, -0.2) is 83.9 Å². The van der Waals surface area contributed by atoms with Gasteiger partial charge >= 0.3 is 0 Å². The minimum Gasteiger partial charge on any atom is -0.343 e. The molecule has 2 atom stereocenters. The maximum atomic E-state index is 5.72. The van der Waals surface area contributed by atoms with Crippen molar-refractivity contribution in [2.75, 3.05) is 52.4 Å². The van der Waals surface area contributed by atoms with Crippen LogP contribution in [0, 0.1) is 0 Å². The molecule has 0 aromatic heterocycles. The van der Waals surface area contributed by atoms with Crippen LogP contribution in [0.25, 0.3) is 0 Å². The summed E-state index contributed by atoms with van der Waals surface area (Å²) in [6, 6.07) is 21.8. The molecule has 0 N–H and O–H groups in total. The Morgan fingerprint density at radius 1 is 0.421 bits per heavy atom. The molecule has 4 aliphatic heterocycles. The summed E-state index contributed by atoms with van der Waals surface area (Å²) >= 11 is 0. The predicted molar refractivity (Wildman–Crippen MR) is 156 cm³/mol.